The molecule has 17 heavy (non-hydrogen) atoms. The van der Waals surface area contributed by atoms with Crippen molar-refractivity contribution in [3.63, 3.8) is 0 Å². The molecular formula is C8H7F5N2OS. The third-order valence-corrected chi connectivity index (χ3v) is 2.32. The van der Waals surface area contributed by atoms with Crippen molar-refractivity contribution in [3.8, 4) is 5.75 Å². The summed E-state index contributed by atoms with van der Waals surface area (Å²) < 4.78 is 64.4. The fourth-order valence-electron chi connectivity index (χ4n) is 0.996. The van der Waals surface area contributed by atoms with E-state index in [9.17, 15) is 22.0 Å². The molecule has 96 valence electrons. The lowest BCUT2D eigenvalue weighted by Gasteiger charge is -2.13. The zero-order chi connectivity index (χ0) is 13.1. The van der Waals surface area contributed by atoms with Crippen molar-refractivity contribution in [2.24, 2.45) is 5.84 Å². The number of hydrogen-bond acceptors (Lipinski definition) is 4. The van der Waals surface area contributed by atoms with Gasteiger partial charge in [-0.25, -0.2) is 0 Å². The van der Waals surface area contributed by atoms with Crippen LogP contribution in [0.1, 0.15) is 0 Å². The van der Waals surface area contributed by atoms with E-state index in [-0.39, 0.29) is 5.69 Å². The highest BCUT2D eigenvalue weighted by Crippen LogP contribution is 2.42. The van der Waals surface area contributed by atoms with E-state index in [0.717, 1.165) is 12.1 Å². The average Bonchev–Trinajstić information content (AvgIpc) is 2.17. The molecule has 0 saturated heterocycles. The number of benzene rings is 1. The summed E-state index contributed by atoms with van der Waals surface area (Å²) in [6.45, 7) is -3.20. The van der Waals surface area contributed by atoms with E-state index in [1.165, 1.54) is 6.07 Å². The van der Waals surface area contributed by atoms with Crippen LogP contribution in [0.15, 0.2) is 23.1 Å². The van der Waals surface area contributed by atoms with Crippen LogP contribution in [0, 0.1) is 0 Å². The highest BCUT2D eigenvalue weighted by atomic mass is 32.2. The second-order valence-corrected chi connectivity index (χ2v) is 3.84. The van der Waals surface area contributed by atoms with Crippen molar-refractivity contribution in [2.75, 3.05) is 5.43 Å². The van der Waals surface area contributed by atoms with Crippen molar-refractivity contribution in [2.45, 2.75) is 17.0 Å². The highest BCUT2D eigenvalue weighted by molar-refractivity contribution is 8.00. The quantitative estimate of drug-likeness (QED) is 0.383. The minimum atomic E-state index is -4.60. The lowest BCUT2D eigenvalue weighted by atomic mass is 10.3. The summed E-state index contributed by atoms with van der Waals surface area (Å²) in [5, 5.41) is 0. The standard InChI is InChI=1S/C8H7F5N2OS/c9-7(10)16-5-2-1-4(15-14)3-6(5)17-8(11,12)13/h1-3,7,15H,14H2. The fourth-order valence-corrected chi connectivity index (χ4v) is 1.65. The zero-order valence-corrected chi connectivity index (χ0v) is 8.91. The van der Waals surface area contributed by atoms with Gasteiger partial charge in [0.2, 0.25) is 0 Å². The van der Waals surface area contributed by atoms with Crippen LogP contribution in [0.25, 0.3) is 0 Å². The van der Waals surface area contributed by atoms with E-state index in [0.29, 0.717) is 0 Å². The SMILES string of the molecule is NNc1ccc(OC(F)F)c(SC(F)(F)F)c1. The Kier molecular flexibility index (Phi) is 4.40. The van der Waals surface area contributed by atoms with Gasteiger partial charge in [0, 0.05) is 5.69 Å². The van der Waals surface area contributed by atoms with Gasteiger partial charge in [-0.05, 0) is 30.0 Å². The van der Waals surface area contributed by atoms with Crippen LogP contribution in [0.2, 0.25) is 0 Å². The number of nitrogens with two attached hydrogens (primary N) is 1. The number of thioether (sulfide) groups is 1. The molecule has 0 fully saturated rings. The monoisotopic (exact) mass is 274 g/mol. The molecule has 0 amide bonds. The molecule has 0 radical (unpaired) electrons. The van der Waals surface area contributed by atoms with Gasteiger partial charge in [0.05, 0.1) is 4.90 Å². The largest absolute Gasteiger partial charge is 0.446 e. The number of hydrazine groups is 1. The summed E-state index contributed by atoms with van der Waals surface area (Å²) in [4.78, 5) is -0.492. The first-order valence-corrected chi connectivity index (χ1v) is 4.94. The molecule has 0 bridgehead atoms. The Morgan fingerprint density at radius 3 is 2.41 bits per heavy atom. The van der Waals surface area contributed by atoms with E-state index in [4.69, 9.17) is 5.84 Å². The van der Waals surface area contributed by atoms with Crippen molar-refractivity contribution >= 4 is 17.4 Å². The van der Waals surface area contributed by atoms with Crippen molar-refractivity contribution in [1.82, 2.24) is 0 Å². The first-order valence-electron chi connectivity index (χ1n) is 4.13. The molecule has 0 heterocycles. The minimum Gasteiger partial charge on any atom is -0.434 e. The Labute approximate surface area is 97.1 Å². The molecule has 0 aliphatic carbocycles. The van der Waals surface area contributed by atoms with Gasteiger partial charge in [0.25, 0.3) is 0 Å². The van der Waals surface area contributed by atoms with Gasteiger partial charge < -0.3 is 10.2 Å². The van der Waals surface area contributed by atoms with Crippen molar-refractivity contribution < 1.29 is 26.7 Å². The van der Waals surface area contributed by atoms with E-state index in [1.807, 2.05) is 0 Å². The molecule has 0 saturated carbocycles. The number of nitrogen functional groups attached to an aromatic ring is 1. The zero-order valence-electron chi connectivity index (χ0n) is 8.09. The van der Waals surface area contributed by atoms with E-state index >= 15 is 0 Å². The predicted molar refractivity (Wildman–Crippen MR) is 52.8 cm³/mol. The summed E-state index contributed by atoms with van der Waals surface area (Å²) in [6.07, 6.45) is 0. The Morgan fingerprint density at radius 1 is 1.29 bits per heavy atom. The van der Waals surface area contributed by atoms with E-state index in [2.05, 4.69) is 10.2 Å². The van der Waals surface area contributed by atoms with Gasteiger partial charge in [0.1, 0.15) is 5.75 Å². The van der Waals surface area contributed by atoms with Gasteiger partial charge in [-0.2, -0.15) is 22.0 Å². The number of alkyl halides is 5. The van der Waals surface area contributed by atoms with Crippen LogP contribution >= 0.6 is 11.8 Å². The van der Waals surface area contributed by atoms with Crippen LogP contribution in [0.3, 0.4) is 0 Å². The Bertz CT molecular complexity index is 385. The molecule has 0 aliphatic heterocycles. The average molecular weight is 274 g/mol. The second kappa shape index (κ2) is 5.41. The topological polar surface area (TPSA) is 47.3 Å². The summed E-state index contributed by atoms with van der Waals surface area (Å²) in [5.41, 5.74) is -2.34. The van der Waals surface area contributed by atoms with Crippen LogP contribution in [0.4, 0.5) is 27.6 Å². The van der Waals surface area contributed by atoms with Crippen LogP contribution in [0.5, 0.6) is 5.75 Å². The molecular weight excluding hydrogens is 267 g/mol. The molecule has 9 heteroatoms. The Hall–Kier alpha value is -1.22. The number of rotatable bonds is 4. The maximum absolute atomic E-state index is 12.2. The van der Waals surface area contributed by atoms with Gasteiger partial charge in [-0.3, -0.25) is 5.84 Å². The Balaban J connectivity index is 3.03. The van der Waals surface area contributed by atoms with Crippen molar-refractivity contribution in [3.05, 3.63) is 18.2 Å². The summed E-state index contributed by atoms with van der Waals surface area (Å²) in [5.74, 6) is 4.45. The molecule has 3 nitrogen and oxygen atoms in total. The second-order valence-electron chi connectivity index (χ2n) is 2.73. The fraction of sp³-hybridized carbons (Fsp3) is 0.250. The number of hydrogen-bond donors (Lipinski definition) is 2. The molecule has 1 aromatic rings. The van der Waals surface area contributed by atoms with Crippen molar-refractivity contribution in [1.29, 1.82) is 0 Å². The van der Waals surface area contributed by atoms with Crippen LogP contribution in [-0.4, -0.2) is 12.1 Å². The van der Waals surface area contributed by atoms with Crippen LogP contribution < -0.4 is 16.0 Å². The van der Waals surface area contributed by atoms with Gasteiger partial charge >= 0.3 is 12.1 Å². The maximum Gasteiger partial charge on any atom is 0.446 e. The van der Waals surface area contributed by atoms with E-state index < -0.39 is 34.5 Å². The minimum absolute atomic E-state index is 0.151. The molecule has 0 spiro atoms. The molecule has 0 aliphatic rings. The van der Waals surface area contributed by atoms with E-state index in [1.54, 1.807) is 0 Å². The first kappa shape index (κ1) is 13.8. The molecule has 0 atom stereocenters. The van der Waals surface area contributed by atoms with Gasteiger partial charge in [0.15, 0.2) is 0 Å². The molecule has 1 rings (SSSR count). The van der Waals surface area contributed by atoms with Gasteiger partial charge in [-0.1, -0.05) is 0 Å². The normalized spacial score (nSPS) is 11.7. The lowest BCUT2D eigenvalue weighted by Crippen LogP contribution is -2.09. The number of anilines is 1. The third-order valence-electron chi connectivity index (χ3n) is 1.55. The lowest BCUT2D eigenvalue weighted by molar-refractivity contribution is -0.0527. The summed E-state index contributed by atoms with van der Waals surface area (Å²) in [6, 6.07) is 3.17. The van der Waals surface area contributed by atoms with Crippen LogP contribution in [-0.2, 0) is 0 Å². The number of halogens is 5. The molecule has 0 aromatic heterocycles. The maximum atomic E-state index is 12.2. The van der Waals surface area contributed by atoms with Gasteiger partial charge in [-0.15, -0.1) is 0 Å². The third kappa shape index (κ3) is 4.65. The Morgan fingerprint density at radius 2 is 1.94 bits per heavy atom. The smallest absolute Gasteiger partial charge is 0.434 e. The summed E-state index contributed by atoms with van der Waals surface area (Å²) in [7, 11) is 0. The molecule has 1 aromatic carbocycles. The highest BCUT2D eigenvalue weighted by Gasteiger charge is 2.31. The number of nitrogens with one attached hydrogen (secondary N) is 1. The molecule has 3 N–H and O–H groups in total. The number of ether oxygens (including phenoxy) is 1. The summed E-state index contributed by atoms with van der Waals surface area (Å²) >= 11 is -0.555. The molecule has 0 unspecified atom stereocenters. The first-order chi connectivity index (χ1) is 7.81. The predicted octanol–water partition coefficient (Wildman–Crippen LogP) is 3.19.